The van der Waals surface area contributed by atoms with Gasteiger partial charge in [0.1, 0.15) is 0 Å². The van der Waals surface area contributed by atoms with Gasteiger partial charge in [-0.1, -0.05) is 13.3 Å². The smallest absolute Gasteiger partial charge is 0.0524 e. The lowest BCUT2D eigenvalue weighted by Crippen LogP contribution is -2.09. The van der Waals surface area contributed by atoms with Crippen molar-refractivity contribution in [3.8, 4) is 0 Å². The summed E-state index contributed by atoms with van der Waals surface area (Å²) >= 11 is 0. The van der Waals surface area contributed by atoms with Gasteiger partial charge in [-0.3, -0.25) is 4.68 Å². The first-order valence-corrected chi connectivity index (χ1v) is 6.01. The van der Waals surface area contributed by atoms with E-state index in [4.69, 9.17) is 0 Å². The summed E-state index contributed by atoms with van der Waals surface area (Å²) in [6, 6.07) is 0. The van der Waals surface area contributed by atoms with E-state index in [2.05, 4.69) is 28.9 Å². The van der Waals surface area contributed by atoms with E-state index in [9.17, 15) is 0 Å². The summed E-state index contributed by atoms with van der Waals surface area (Å²) in [5.74, 6) is 0. The summed E-state index contributed by atoms with van der Waals surface area (Å²) in [4.78, 5) is 0. The van der Waals surface area contributed by atoms with Crippen molar-refractivity contribution in [1.82, 2.24) is 15.1 Å². The van der Waals surface area contributed by atoms with Crippen LogP contribution in [0, 0.1) is 0 Å². The van der Waals surface area contributed by atoms with Gasteiger partial charge in [0, 0.05) is 12.2 Å². The molecule has 3 heteroatoms. The average molecular weight is 209 g/mol. The fourth-order valence-corrected chi connectivity index (χ4v) is 1.91. The van der Waals surface area contributed by atoms with Crippen molar-refractivity contribution in [3.63, 3.8) is 0 Å². The second-order valence-electron chi connectivity index (χ2n) is 3.89. The van der Waals surface area contributed by atoms with Crippen LogP contribution in [-0.4, -0.2) is 23.4 Å². The Morgan fingerprint density at radius 1 is 1.33 bits per heavy atom. The fourth-order valence-electron chi connectivity index (χ4n) is 1.91. The van der Waals surface area contributed by atoms with Crippen LogP contribution in [0.25, 0.3) is 0 Å². The van der Waals surface area contributed by atoms with Gasteiger partial charge in [0.05, 0.1) is 6.20 Å². The van der Waals surface area contributed by atoms with Crippen molar-refractivity contribution in [1.29, 1.82) is 0 Å². The van der Waals surface area contributed by atoms with Crippen molar-refractivity contribution in [2.24, 2.45) is 0 Å². The molecule has 0 amide bonds. The highest BCUT2D eigenvalue weighted by molar-refractivity contribution is 5.18. The normalized spacial score (nSPS) is 10.9. The van der Waals surface area contributed by atoms with Gasteiger partial charge in [0.15, 0.2) is 0 Å². The van der Waals surface area contributed by atoms with E-state index in [-0.39, 0.29) is 0 Å². The number of nitrogens with zero attached hydrogens (tertiary/aromatic N) is 2. The molecule has 1 rings (SSSR count). The maximum Gasteiger partial charge on any atom is 0.0524 e. The van der Waals surface area contributed by atoms with Crippen LogP contribution in [0.1, 0.15) is 37.9 Å². The minimum Gasteiger partial charge on any atom is -0.320 e. The molecular weight excluding hydrogens is 186 g/mol. The number of rotatable bonds is 7. The minimum absolute atomic E-state index is 0.987. The van der Waals surface area contributed by atoms with Gasteiger partial charge in [-0.25, -0.2) is 0 Å². The number of aromatic nitrogens is 2. The minimum atomic E-state index is 0.987. The van der Waals surface area contributed by atoms with Crippen molar-refractivity contribution >= 4 is 0 Å². The quantitative estimate of drug-likeness (QED) is 0.696. The second-order valence-corrected chi connectivity index (χ2v) is 3.89. The Morgan fingerprint density at radius 3 is 2.73 bits per heavy atom. The monoisotopic (exact) mass is 209 g/mol. The Morgan fingerprint density at radius 2 is 2.13 bits per heavy atom. The van der Waals surface area contributed by atoms with E-state index < -0.39 is 0 Å². The molecule has 0 saturated heterocycles. The zero-order valence-electron chi connectivity index (χ0n) is 10.2. The largest absolute Gasteiger partial charge is 0.320 e. The van der Waals surface area contributed by atoms with Crippen LogP contribution in [-0.2, 0) is 19.4 Å². The third-order valence-electron chi connectivity index (χ3n) is 2.69. The first kappa shape index (κ1) is 12.2. The SMILES string of the molecule is CCCc1c(CCCNC)cnn1CC. The highest BCUT2D eigenvalue weighted by Crippen LogP contribution is 2.13. The van der Waals surface area contributed by atoms with Gasteiger partial charge < -0.3 is 5.32 Å². The van der Waals surface area contributed by atoms with Crippen LogP contribution < -0.4 is 5.32 Å². The first-order chi connectivity index (χ1) is 7.33. The molecule has 0 aliphatic heterocycles. The van der Waals surface area contributed by atoms with E-state index in [1.54, 1.807) is 0 Å². The Labute approximate surface area is 92.9 Å². The van der Waals surface area contributed by atoms with Gasteiger partial charge in [-0.05, 0) is 45.3 Å². The number of aryl methyl sites for hydroxylation is 2. The van der Waals surface area contributed by atoms with E-state index in [0.717, 1.165) is 25.9 Å². The fraction of sp³-hybridized carbons (Fsp3) is 0.750. The molecule has 86 valence electrons. The Kier molecular flexibility index (Phi) is 5.40. The Balaban J connectivity index is 2.64. The molecule has 1 aromatic rings. The molecular formula is C12H23N3. The summed E-state index contributed by atoms with van der Waals surface area (Å²) in [6.07, 6.45) is 6.75. The predicted molar refractivity (Wildman–Crippen MR) is 64.1 cm³/mol. The van der Waals surface area contributed by atoms with Gasteiger partial charge in [-0.2, -0.15) is 5.10 Å². The summed E-state index contributed by atoms with van der Waals surface area (Å²) < 4.78 is 2.14. The first-order valence-electron chi connectivity index (χ1n) is 6.01. The maximum absolute atomic E-state index is 4.43. The molecule has 1 aromatic heterocycles. The molecule has 0 aliphatic rings. The standard InChI is InChI=1S/C12H23N3/c1-4-7-12-11(8-6-9-13-3)10-14-15(12)5-2/h10,13H,4-9H2,1-3H3. The van der Waals surface area contributed by atoms with Crippen LogP contribution in [0.15, 0.2) is 6.20 Å². The summed E-state index contributed by atoms with van der Waals surface area (Å²) in [5.41, 5.74) is 2.88. The summed E-state index contributed by atoms with van der Waals surface area (Å²) in [5, 5.41) is 7.61. The third-order valence-corrected chi connectivity index (χ3v) is 2.69. The number of hydrogen-bond donors (Lipinski definition) is 1. The summed E-state index contributed by atoms with van der Waals surface area (Å²) in [6.45, 7) is 6.46. The van der Waals surface area contributed by atoms with Gasteiger partial charge in [0.2, 0.25) is 0 Å². The molecule has 1 heterocycles. The molecule has 0 radical (unpaired) electrons. The molecule has 0 aliphatic carbocycles. The maximum atomic E-state index is 4.43. The number of hydrogen-bond acceptors (Lipinski definition) is 2. The van der Waals surface area contributed by atoms with Crippen LogP contribution >= 0.6 is 0 Å². The molecule has 0 aromatic carbocycles. The Bertz CT molecular complexity index is 278. The van der Waals surface area contributed by atoms with Gasteiger partial charge in [0.25, 0.3) is 0 Å². The highest BCUT2D eigenvalue weighted by Gasteiger charge is 2.07. The lowest BCUT2D eigenvalue weighted by molar-refractivity contribution is 0.611. The third kappa shape index (κ3) is 3.34. The van der Waals surface area contributed by atoms with Crippen LogP contribution in [0.4, 0.5) is 0 Å². The summed E-state index contributed by atoms with van der Waals surface area (Å²) in [7, 11) is 2.00. The van der Waals surface area contributed by atoms with Gasteiger partial charge >= 0.3 is 0 Å². The van der Waals surface area contributed by atoms with Crippen molar-refractivity contribution in [3.05, 3.63) is 17.5 Å². The molecule has 3 nitrogen and oxygen atoms in total. The molecule has 15 heavy (non-hydrogen) atoms. The van der Waals surface area contributed by atoms with Crippen LogP contribution in [0.2, 0.25) is 0 Å². The molecule has 0 fully saturated rings. The lowest BCUT2D eigenvalue weighted by atomic mass is 10.1. The highest BCUT2D eigenvalue weighted by atomic mass is 15.3. The van der Waals surface area contributed by atoms with Crippen molar-refractivity contribution < 1.29 is 0 Å². The van der Waals surface area contributed by atoms with Crippen molar-refractivity contribution in [2.75, 3.05) is 13.6 Å². The molecule has 1 N–H and O–H groups in total. The molecule has 0 atom stereocenters. The topological polar surface area (TPSA) is 29.9 Å². The second kappa shape index (κ2) is 6.62. The van der Waals surface area contributed by atoms with E-state index in [1.165, 1.54) is 24.1 Å². The van der Waals surface area contributed by atoms with E-state index >= 15 is 0 Å². The average Bonchev–Trinajstić information content (AvgIpc) is 2.62. The van der Waals surface area contributed by atoms with E-state index in [1.807, 2.05) is 13.2 Å². The lowest BCUT2D eigenvalue weighted by Gasteiger charge is -2.06. The van der Waals surface area contributed by atoms with Crippen LogP contribution in [0.3, 0.4) is 0 Å². The molecule has 0 bridgehead atoms. The zero-order valence-corrected chi connectivity index (χ0v) is 10.2. The zero-order chi connectivity index (χ0) is 11.1. The van der Waals surface area contributed by atoms with Crippen molar-refractivity contribution in [2.45, 2.75) is 46.1 Å². The Hall–Kier alpha value is -0.830. The molecule has 0 saturated carbocycles. The van der Waals surface area contributed by atoms with E-state index in [0.29, 0.717) is 0 Å². The number of nitrogens with one attached hydrogen (secondary N) is 1. The van der Waals surface area contributed by atoms with Crippen LogP contribution in [0.5, 0.6) is 0 Å². The predicted octanol–water partition coefficient (Wildman–Crippen LogP) is 2.01. The van der Waals surface area contributed by atoms with Gasteiger partial charge in [-0.15, -0.1) is 0 Å². The molecule has 0 unspecified atom stereocenters. The molecule has 0 spiro atoms.